The van der Waals surface area contributed by atoms with Crippen LogP contribution in [0, 0.1) is 0 Å². The van der Waals surface area contributed by atoms with E-state index in [0.29, 0.717) is 21.8 Å². The quantitative estimate of drug-likeness (QED) is 0.508. The number of rotatable bonds is 4. The summed E-state index contributed by atoms with van der Waals surface area (Å²) in [6.45, 7) is 4.54. The lowest BCUT2D eigenvalue weighted by Crippen LogP contribution is -2.49. The van der Waals surface area contributed by atoms with E-state index in [-0.39, 0.29) is 12.0 Å². The topological polar surface area (TPSA) is 106 Å². The van der Waals surface area contributed by atoms with Gasteiger partial charge in [0.25, 0.3) is 5.91 Å². The van der Waals surface area contributed by atoms with Crippen LogP contribution in [0.3, 0.4) is 0 Å². The molecule has 0 saturated heterocycles. The summed E-state index contributed by atoms with van der Waals surface area (Å²) in [4.78, 5) is 48.7. The first-order valence-corrected chi connectivity index (χ1v) is 9.43. The molecule has 30 heavy (non-hydrogen) atoms. The first-order valence-electron chi connectivity index (χ1n) is 9.43. The predicted molar refractivity (Wildman–Crippen MR) is 113 cm³/mol. The van der Waals surface area contributed by atoms with Gasteiger partial charge in [0.15, 0.2) is 12.0 Å². The third-order valence-corrected chi connectivity index (χ3v) is 4.27. The third kappa shape index (κ3) is 4.83. The number of carbonyl (C=O) groups excluding carboxylic acids is 3. The number of para-hydroxylation sites is 2. The molecule has 0 saturated carbocycles. The van der Waals surface area contributed by atoms with Crippen molar-refractivity contribution < 1.29 is 19.1 Å². The molecule has 0 aliphatic rings. The lowest BCUT2D eigenvalue weighted by atomic mass is 10.1. The maximum Gasteiger partial charge on any atom is 0.326 e. The van der Waals surface area contributed by atoms with Crippen molar-refractivity contribution in [3.05, 3.63) is 58.8 Å². The number of imide groups is 1. The Morgan fingerprint density at radius 3 is 2.00 bits per heavy atom. The Morgan fingerprint density at radius 2 is 1.47 bits per heavy atom. The highest BCUT2D eigenvalue weighted by atomic mass is 16.5. The van der Waals surface area contributed by atoms with Gasteiger partial charge in [-0.2, -0.15) is 0 Å². The van der Waals surface area contributed by atoms with Gasteiger partial charge in [-0.3, -0.25) is 19.7 Å². The molecule has 8 heteroatoms. The van der Waals surface area contributed by atoms with Crippen LogP contribution in [0.4, 0.5) is 4.79 Å². The van der Waals surface area contributed by atoms with Crippen LogP contribution < -0.4 is 16.1 Å². The Kier molecular flexibility index (Phi) is 5.86. The summed E-state index contributed by atoms with van der Waals surface area (Å²) < 4.78 is 6.72. The molecular formula is C22H23N3O5. The molecule has 0 aliphatic carbocycles. The maximum absolute atomic E-state index is 12.7. The number of amides is 3. The van der Waals surface area contributed by atoms with E-state index in [4.69, 9.17) is 4.74 Å². The van der Waals surface area contributed by atoms with Crippen LogP contribution in [0.25, 0.3) is 21.8 Å². The zero-order valence-corrected chi connectivity index (χ0v) is 17.0. The van der Waals surface area contributed by atoms with E-state index in [2.05, 4.69) is 10.6 Å². The van der Waals surface area contributed by atoms with E-state index in [1.165, 1.54) is 0 Å². The normalized spacial score (nSPS) is 11.3. The molecule has 0 aliphatic heterocycles. The van der Waals surface area contributed by atoms with Gasteiger partial charge in [0.05, 0.1) is 11.0 Å². The lowest BCUT2D eigenvalue weighted by Gasteiger charge is -2.20. The SMILES string of the molecule is CC(C)(C)NC(=O)NC(=O)COC(=O)Cn1c2ccccc2c(=O)c2ccccc21. The Morgan fingerprint density at radius 1 is 0.933 bits per heavy atom. The molecule has 3 rings (SSSR count). The molecule has 3 aromatic rings. The Hall–Kier alpha value is -3.68. The minimum absolute atomic E-state index is 0.116. The van der Waals surface area contributed by atoms with Crippen LogP contribution in [0.15, 0.2) is 53.3 Å². The van der Waals surface area contributed by atoms with E-state index < -0.39 is 30.1 Å². The van der Waals surface area contributed by atoms with Crippen LogP contribution in [0.5, 0.6) is 0 Å². The molecule has 8 nitrogen and oxygen atoms in total. The van der Waals surface area contributed by atoms with Crippen molar-refractivity contribution in [3.63, 3.8) is 0 Å². The molecule has 0 atom stereocenters. The largest absolute Gasteiger partial charge is 0.454 e. The molecular weight excluding hydrogens is 386 g/mol. The molecule has 0 radical (unpaired) electrons. The molecule has 3 amide bonds. The Bertz CT molecular complexity index is 1130. The number of nitrogens with one attached hydrogen (secondary N) is 2. The number of urea groups is 1. The van der Waals surface area contributed by atoms with Gasteiger partial charge in [0.1, 0.15) is 6.54 Å². The van der Waals surface area contributed by atoms with E-state index >= 15 is 0 Å². The molecule has 1 aromatic heterocycles. The molecule has 156 valence electrons. The number of ether oxygens (including phenoxy) is 1. The average molecular weight is 409 g/mol. The second-order valence-electron chi connectivity index (χ2n) is 7.86. The number of pyridine rings is 1. The second-order valence-corrected chi connectivity index (χ2v) is 7.86. The minimum Gasteiger partial charge on any atom is -0.454 e. The van der Waals surface area contributed by atoms with Crippen molar-refractivity contribution in [3.8, 4) is 0 Å². The Balaban J connectivity index is 1.75. The average Bonchev–Trinajstić information content (AvgIpc) is 2.68. The summed E-state index contributed by atoms with van der Waals surface area (Å²) in [6.07, 6.45) is 0. The molecule has 1 heterocycles. The highest BCUT2D eigenvalue weighted by molar-refractivity contribution is 5.96. The zero-order valence-electron chi connectivity index (χ0n) is 17.0. The van der Waals surface area contributed by atoms with Gasteiger partial charge in [-0.25, -0.2) is 4.79 Å². The predicted octanol–water partition coefficient (Wildman–Crippen LogP) is 2.32. The van der Waals surface area contributed by atoms with Gasteiger partial charge >= 0.3 is 12.0 Å². The number of hydrogen-bond acceptors (Lipinski definition) is 5. The van der Waals surface area contributed by atoms with E-state index in [0.717, 1.165) is 0 Å². The van der Waals surface area contributed by atoms with Gasteiger partial charge in [0.2, 0.25) is 0 Å². The van der Waals surface area contributed by atoms with Crippen molar-refractivity contribution in [1.29, 1.82) is 0 Å². The van der Waals surface area contributed by atoms with Crippen LogP contribution >= 0.6 is 0 Å². The van der Waals surface area contributed by atoms with Crippen molar-refractivity contribution in [2.45, 2.75) is 32.9 Å². The number of hydrogen-bond donors (Lipinski definition) is 2. The Labute approximate surface area is 172 Å². The van der Waals surface area contributed by atoms with Gasteiger partial charge in [-0.1, -0.05) is 24.3 Å². The molecule has 0 spiro atoms. The first-order chi connectivity index (χ1) is 14.2. The second kappa shape index (κ2) is 8.36. The molecule has 0 unspecified atom stereocenters. The zero-order chi connectivity index (χ0) is 21.9. The van der Waals surface area contributed by atoms with Gasteiger partial charge in [0, 0.05) is 16.3 Å². The number of esters is 1. The van der Waals surface area contributed by atoms with Gasteiger partial charge < -0.3 is 14.6 Å². The van der Waals surface area contributed by atoms with E-state index in [1.807, 2.05) is 0 Å². The summed E-state index contributed by atoms with van der Waals surface area (Å²) in [5, 5.41) is 5.66. The summed E-state index contributed by atoms with van der Waals surface area (Å²) in [5.41, 5.74) is 0.558. The number of fused-ring (bicyclic) bond motifs is 2. The van der Waals surface area contributed by atoms with Crippen LogP contribution in [-0.4, -0.2) is 34.6 Å². The standard InChI is InChI=1S/C22H23N3O5/c1-22(2,3)24-21(29)23-18(26)13-30-19(27)12-25-16-10-6-4-8-14(16)20(28)15-9-5-7-11-17(15)25/h4-11H,12-13H2,1-3H3,(H2,23,24,26,29). The van der Waals surface area contributed by atoms with E-state index in [9.17, 15) is 19.2 Å². The number of carbonyl (C=O) groups is 3. The van der Waals surface area contributed by atoms with Crippen molar-refractivity contribution in [2.24, 2.45) is 0 Å². The fraction of sp³-hybridized carbons (Fsp3) is 0.273. The summed E-state index contributed by atoms with van der Waals surface area (Å²) >= 11 is 0. The maximum atomic E-state index is 12.7. The van der Waals surface area contributed by atoms with Crippen molar-refractivity contribution >= 4 is 39.7 Å². The molecule has 2 N–H and O–H groups in total. The highest BCUT2D eigenvalue weighted by Crippen LogP contribution is 2.19. The number of benzene rings is 2. The van der Waals surface area contributed by atoms with Crippen LogP contribution in [-0.2, 0) is 20.9 Å². The third-order valence-electron chi connectivity index (χ3n) is 4.27. The number of aromatic nitrogens is 1. The number of nitrogens with zero attached hydrogens (tertiary/aromatic N) is 1. The fourth-order valence-corrected chi connectivity index (χ4v) is 3.10. The smallest absolute Gasteiger partial charge is 0.326 e. The monoisotopic (exact) mass is 409 g/mol. The first kappa shape index (κ1) is 21.0. The summed E-state index contributed by atoms with van der Waals surface area (Å²) in [5.74, 6) is -1.40. The highest BCUT2D eigenvalue weighted by Gasteiger charge is 2.18. The van der Waals surface area contributed by atoms with Gasteiger partial charge in [-0.05, 0) is 45.0 Å². The molecule has 0 bridgehead atoms. The summed E-state index contributed by atoms with van der Waals surface area (Å²) in [6, 6.07) is 13.3. The minimum atomic E-state index is -0.736. The molecule has 0 fully saturated rings. The van der Waals surface area contributed by atoms with Crippen molar-refractivity contribution in [1.82, 2.24) is 15.2 Å². The summed E-state index contributed by atoms with van der Waals surface area (Å²) in [7, 11) is 0. The van der Waals surface area contributed by atoms with Crippen LogP contribution in [0.2, 0.25) is 0 Å². The van der Waals surface area contributed by atoms with E-state index in [1.54, 1.807) is 73.9 Å². The van der Waals surface area contributed by atoms with Gasteiger partial charge in [-0.15, -0.1) is 0 Å². The molecule has 2 aromatic carbocycles. The van der Waals surface area contributed by atoms with Crippen LogP contribution in [0.1, 0.15) is 20.8 Å². The lowest BCUT2D eigenvalue weighted by molar-refractivity contribution is -0.148. The van der Waals surface area contributed by atoms with Crippen molar-refractivity contribution in [2.75, 3.05) is 6.61 Å². The fourth-order valence-electron chi connectivity index (χ4n) is 3.10.